The van der Waals surface area contributed by atoms with Gasteiger partial charge in [-0.05, 0) is 18.8 Å². The van der Waals surface area contributed by atoms with Crippen molar-refractivity contribution in [2.24, 2.45) is 5.92 Å². The molecule has 15 heteroatoms. The zero-order valence-corrected chi connectivity index (χ0v) is 13.8. The highest BCUT2D eigenvalue weighted by Crippen LogP contribution is 2.60. The zero-order valence-electron chi connectivity index (χ0n) is 11.1. The van der Waals surface area contributed by atoms with Crippen molar-refractivity contribution >= 4 is 23.5 Å². The van der Waals surface area contributed by atoms with Crippen molar-refractivity contribution in [1.82, 2.24) is 0 Å². The van der Waals surface area contributed by atoms with Crippen molar-refractivity contribution < 1.29 is 56.6 Å². The second kappa shape index (κ2) is 6.68. The van der Waals surface area contributed by atoms with Crippen LogP contribution >= 0.6 is 23.5 Å². The fourth-order valence-electron chi connectivity index (χ4n) is 2.05. The normalized spacial score (nSPS) is 35.0. The van der Waals surface area contributed by atoms with Gasteiger partial charge in [-0.1, -0.05) is 6.92 Å². The lowest BCUT2D eigenvalue weighted by Crippen LogP contribution is -2.42. The minimum absolute atomic E-state index is 0.0178. The molecule has 3 unspecified atom stereocenters. The van der Waals surface area contributed by atoms with E-state index in [2.05, 4.69) is 13.1 Å². The average Bonchev–Trinajstić information content (AvgIpc) is 2.45. The van der Waals surface area contributed by atoms with E-state index < -0.39 is 41.8 Å². The molecule has 0 radical (unpaired) electrons. The van der Waals surface area contributed by atoms with Crippen LogP contribution in [0.2, 0.25) is 0 Å². The number of aliphatic hydroxyl groups is 2. The molecule has 0 aromatic carbocycles. The maximum atomic E-state index is 11.3. The van der Waals surface area contributed by atoms with E-state index in [1.807, 2.05) is 0 Å². The molecule has 0 heterocycles. The Morgan fingerprint density at radius 1 is 1.14 bits per heavy atom. The van der Waals surface area contributed by atoms with E-state index in [1.165, 1.54) is 0 Å². The summed E-state index contributed by atoms with van der Waals surface area (Å²) in [5.41, 5.74) is -1.94. The van der Waals surface area contributed by atoms with Gasteiger partial charge in [0.25, 0.3) is 15.6 Å². The molecule has 0 amide bonds. The first kappa shape index (κ1) is 20.4. The molecule has 22 heavy (non-hydrogen) atoms. The summed E-state index contributed by atoms with van der Waals surface area (Å²) in [7, 11) is -17.7. The van der Waals surface area contributed by atoms with E-state index in [-0.39, 0.29) is 18.8 Å². The molecule has 1 saturated carbocycles. The molecule has 0 saturated heterocycles. The van der Waals surface area contributed by atoms with E-state index in [4.69, 9.17) is 0 Å². The quantitative estimate of drug-likeness (QED) is 0.431. The molecule has 0 aliphatic heterocycles. The van der Waals surface area contributed by atoms with Crippen LogP contribution in [0.5, 0.6) is 0 Å². The van der Waals surface area contributed by atoms with Crippen LogP contribution in [0.4, 0.5) is 0 Å². The van der Waals surface area contributed by atoms with Crippen LogP contribution in [0.25, 0.3) is 0 Å². The Bertz CT molecular complexity index is 543. The van der Waals surface area contributed by atoms with Gasteiger partial charge < -0.3 is 38.9 Å². The molecule has 1 aliphatic carbocycles. The van der Waals surface area contributed by atoms with Crippen molar-refractivity contribution in [3.05, 3.63) is 0 Å². The molecule has 1 fully saturated rings. The predicted octanol–water partition coefficient (Wildman–Crippen LogP) is -2.68. The van der Waals surface area contributed by atoms with Gasteiger partial charge >= 0.3 is 0 Å². The fourth-order valence-corrected chi connectivity index (χ4v) is 4.97. The van der Waals surface area contributed by atoms with Crippen molar-refractivity contribution in [2.45, 2.75) is 31.5 Å². The van der Waals surface area contributed by atoms with Gasteiger partial charge in [-0.3, -0.25) is 13.4 Å². The summed E-state index contributed by atoms with van der Waals surface area (Å²) in [6.45, 7) is 0.653. The van der Waals surface area contributed by atoms with Crippen molar-refractivity contribution in [3.8, 4) is 0 Å². The fraction of sp³-hybridized carbons (Fsp3) is 1.00. The first-order valence-corrected chi connectivity index (χ1v) is 10.1. The number of phosphoric acid groups is 3. The first-order valence-electron chi connectivity index (χ1n) is 5.76. The number of aliphatic hydroxyl groups excluding tert-OH is 1. The van der Waals surface area contributed by atoms with E-state index >= 15 is 0 Å². The van der Waals surface area contributed by atoms with Crippen LogP contribution in [0.3, 0.4) is 0 Å². The lowest BCUT2D eigenvalue weighted by Gasteiger charge is -2.38. The Balaban J connectivity index is 2.67. The monoisotopic (exact) mass is 382 g/mol. The predicted molar refractivity (Wildman–Crippen MR) is 60.3 cm³/mol. The van der Waals surface area contributed by atoms with Gasteiger partial charge in [-0.15, -0.1) is 0 Å². The summed E-state index contributed by atoms with van der Waals surface area (Å²) >= 11 is 0. The maximum Gasteiger partial charge on any atom is 0.278 e. The first-order chi connectivity index (χ1) is 9.64. The average molecular weight is 382 g/mol. The minimum Gasteiger partial charge on any atom is -0.790 e. The Morgan fingerprint density at radius 2 is 1.68 bits per heavy atom. The van der Waals surface area contributed by atoms with Gasteiger partial charge in [0.15, 0.2) is 0 Å². The number of rotatable bonds is 7. The van der Waals surface area contributed by atoms with E-state index in [1.54, 1.807) is 6.92 Å². The summed E-state index contributed by atoms with van der Waals surface area (Å²) in [5, 5.41) is 19.5. The van der Waals surface area contributed by atoms with Gasteiger partial charge in [-0.2, -0.15) is 0 Å². The maximum absolute atomic E-state index is 11.3. The van der Waals surface area contributed by atoms with Crippen LogP contribution in [-0.2, 0) is 26.8 Å². The molecule has 0 bridgehead atoms. The summed E-state index contributed by atoms with van der Waals surface area (Å²) < 4.78 is 42.7. The highest BCUT2D eigenvalue weighted by Gasteiger charge is 2.44. The highest BCUT2D eigenvalue weighted by atomic mass is 31.3. The van der Waals surface area contributed by atoms with E-state index in [9.17, 15) is 43.5 Å². The third-order valence-electron chi connectivity index (χ3n) is 2.82. The van der Waals surface area contributed by atoms with Crippen molar-refractivity contribution in [2.75, 3.05) is 6.61 Å². The number of hydrogen-bond donors (Lipinski definition) is 2. The lowest BCUT2D eigenvalue weighted by atomic mass is 10.0. The topological polar surface area (TPSA) is 212 Å². The second-order valence-electron chi connectivity index (χ2n) is 4.94. The molecule has 0 aromatic heterocycles. The largest absolute Gasteiger partial charge is 0.790 e. The van der Waals surface area contributed by atoms with Crippen LogP contribution in [0, 0.1) is 5.92 Å². The second-order valence-corrected chi connectivity index (χ2v) is 9.19. The molecule has 2 N–H and O–H groups in total. The molecule has 0 spiro atoms. The number of phosphoric ester groups is 1. The van der Waals surface area contributed by atoms with Crippen LogP contribution in [0.1, 0.15) is 19.8 Å². The molecule has 1 rings (SSSR count). The Labute approximate surface area is 125 Å². The van der Waals surface area contributed by atoms with Gasteiger partial charge in [0, 0.05) is 0 Å². The van der Waals surface area contributed by atoms with Crippen LogP contribution < -0.4 is 19.6 Å². The summed E-state index contributed by atoms with van der Waals surface area (Å²) in [4.78, 5) is 42.4. The Morgan fingerprint density at radius 3 is 2.09 bits per heavy atom. The van der Waals surface area contributed by atoms with E-state index in [0.29, 0.717) is 0 Å². The summed E-state index contributed by atoms with van der Waals surface area (Å²) in [6, 6.07) is 0. The zero-order chi connectivity index (χ0) is 17.4. The van der Waals surface area contributed by atoms with Crippen molar-refractivity contribution in [3.63, 3.8) is 0 Å². The van der Waals surface area contributed by atoms with Gasteiger partial charge in [-0.25, -0.2) is 4.31 Å². The van der Waals surface area contributed by atoms with Gasteiger partial charge in [0.1, 0.15) is 5.60 Å². The third kappa shape index (κ3) is 6.45. The van der Waals surface area contributed by atoms with E-state index in [0.717, 1.165) is 0 Å². The summed E-state index contributed by atoms with van der Waals surface area (Å²) in [5.74, 6) is -0.142. The molecule has 12 nitrogen and oxygen atoms in total. The summed E-state index contributed by atoms with van der Waals surface area (Å²) in [6.07, 6.45) is -1.15. The lowest BCUT2D eigenvalue weighted by molar-refractivity contribution is -0.339. The van der Waals surface area contributed by atoms with Crippen molar-refractivity contribution in [1.29, 1.82) is 0 Å². The Hall–Kier alpha value is 0.330. The highest BCUT2D eigenvalue weighted by molar-refractivity contribution is 7.64. The molecule has 1 aliphatic rings. The Kier molecular flexibility index (Phi) is 6.19. The van der Waals surface area contributed by atoms with Gasteiger partial charge in [0.05, 0.1) is 20.5 Å². The number of hydrogen-bond acceptors (Lipinski definition) is 12. The van der Waals surface area contributed by atoms with Crippen LogP contribution in [0.15, 0.2) is 0 Å². The molecular formula is C7H13O12P3-4. The SMILES string of the molecule is C[C@H]1CC(O)[C@@](O)(COP(=O)([O-])OP(=O)([O-])OP(=O)([O-])[O-])C1. The van der Waals surface area contributed by atoms with Crippen LogP contribution in [-0.4, -0.2) is 28.5 Å². The van der Waals surface area contributed by atoms with Gasteiger partial charge in [0.2, 0.25) is 0 Å². The minimum atomic E-state index is -6.05. The smallest absolute Gasteiger partial charge is 0.278 e. The molecule has 132 valence electrons. The third-order valence-corrected chi connectivity index (χ3v) is 6.47. The molecule has 5 atom stereocenters. The molecule has 0 aromatic rings. The standard InChI is InChI=1S/C7H17O12P3/c1-5-2-6(8)7(9,3-5)4-17-21(13,14)19-22(15,16)18-20(10,11)12/h5-6,8-9H,2-4H2,1H3,(H,13,14)(H,15,16)(H2,10,11,12)/p-4/t5-,6?,7-/m0/s1. The molecular weight excluding hydrogens is 369 g/mol.